The molecule has 0 bridgehead atoms. The van der Waals surface area contributed by atoms with E-state index in [1.807, 2.05) is 0 Å². The van der Waals surface area contributed by atoms with Crippen LogP contribution in [0.25, 0.3) is 11.1 Å². The van der Waals surface area contributed by atoms with Gasteiger partial charge in [0.15, 0.2) is 0 Å². The van der Waals surface area contributed by atoms with Gasteiger partial charge in [-0.05, 0) is 24.3 Å². The van der Waals surface area contributed by atoms with Crippen molar-refractivity contribution in [2.75, 3.05) is 0 Å². The van der Waals surface area contributed by atoms with E-state index in [9.17, 15) is 0 Å². The van der Waals surface area contributed by atoms with Crippen molar-refractivity contribution in [3.8, 4) is 11.1 Å². The van der Waals surface area contributed by atoms with Gasteiger partial charge in [0.1, 0.15) is 15.9 Å². The summed E-state index contributed by atoms with van der Waals surface area (Å²) in [6.07, 6.45) is 0. The molecule has 3 heteroatoms. The largest absolute Gasteiger partial charge is 0.110 e. The Morgan fingerprint density at radius 3 is 1.52 bits per heavy atom. The Morgan fingerprint density at radius 1 is 0.571 bits per heavy atom. The van der Waals surface area contributed by atoms with Gasteiger partial charge in [-0.2, -0.15) is 0 Å². The Balaban J connectivity index is 0.000000636. The molecule has 1 heterocycles. The molecule has 0 N–H and O–H groups in total. The third-order valence-electron chi connectivity index (χ3n) is 3.75. The summed E-state index contributed by atoms with van der Waals surface area (Å²) >= 11 is 1.75. The fourth-order valence-electron chi connectivity index (χ4n) is 2.93. The van der Waals surface area contributed by atoms with Crippen LogP contribution in [0, 0.1) is 0 Å². The van der Waals surface area contributed by atoms with Crippen LogP contribution >= 0.6 is 17.1 Å². The van der Waals surface area contributed by atoms with E-state index >= 15 is 0 Å². The molecule has 0 aromatic heterocycles. The van der Waals surface area contributed by atoms with Crippen molar-refractivity contribution in [1.29, 1.82) is 0 Å². The van der Waals surface area contributed by atoms with Gasteiger partial charge in [0.05, 0.1) is 7.92 Å². The van der Waals surface area contributed by atoms with Gasteiger partial charge in [-0.3, -0.25) is 0 Å². The van der Waals surface area contributed by atoms with E-state index in [0.717, 1.165) is 0 Å². The molecule has 0 fully saturated rings. The molecule has 0 amide bonds. The minimum Gasteiger partial charge on any atom is -0.0620 e. The number of benzene rings is 3. The predicted octanol–water partition coefficient (Wildman–Crippen LogP) is 3.84. The molecular formula is C18H14AuClP+. The van der Waals surface area contributed by atoms with Crippen molar-refractivity contribution in [3.63, 3.8) is 0 Å². The van der Waals surface area contributed by atoms with E-state index in [-0.39, 0.29) is 0 Å². The summed E-state index contributed by atoms with van der Waals surface area (Å²) < 4.78 is 0. The third kappa shape index (κ3) is 2.75. The number of fused-ring (bicyclic) bond motifs is 3. The van der Waals surface area contributed by atoms with E-state index in [1.54, 1.807) is 20.0 Å². The third-order valence-corrected chi connectivity index (χ3v) is 6.61. The fraction of sp³-hybridized carbons (Fsp3) is 0. The van der Waals surface area contributed by atoms with Crippen molar-refractivity contribution in [2.45, 2.75) is 0 Å². The summed E-state index contributed by atoms with van der Waals surface area (Å²) in [5.41, 5.74) is 2.85. The zero-order valence-electron chi connectivity index (χ0n) is 11.2. The van der Waals surface area contributed by atoms with Crippen molar-refractivity contribution in [2.24, 2.45) is 0 Å². The summed E-state index contributed by atoms with van der Waals surface area (Å²) in [5.74, 6) is 0. The molecule has 108 valence electrons. The maximum Gasteiger partial charge on any atom is 0.110 e. The quantitative estimate of drug-likeness (QED) is 0.279. The van der Waals surface area contributed by atoms with E-state index in [0.29, 0.717) is 0 Å². The molecule has 0 nitrogen and oxygen atoms in total. The van der Waals surface area contributed by atoms with Crippen LogP contribution in [0.5, 0.6) is 0 Å². The van der Waals surface area contributed by atoms with Crippen molar-refractivity contribution in [1.82, 2.24) is 0 Å². The first-order valence-corrected chi connectivity index (χ1v) is 10.9. The van der Waals surface area contributed by atoms with Gasteiger partial charge >= 0.3 is 29.2 Å². The van der Waals surface area contributed by atoms with Gasteiger partial charge in [0.25, 0.3) is 0 Å². The van der Waals surface area contributed by atoms with Crippen LogP contribution in [0.15, 0.2) is 78.9 Å². The summed E-state index contributed by atoms with van der Waals surface area (Å²) in [4.78, 5) is 0. The molecular weight excluding hydrogens is 480 g/mol. The molecule has 3 aromatic rings. The van der Waals surface area contributed by atoms with Crippen LogP contribution in [0.3, 0.4) is 0 Å². The molecule has 1 aliphatic heterocycles. The number of rotatable bonds is 1. The Hall–Kier alpha value is -0.880. The smallest absolute Gasteiger partial charge is 0.0620 e. The van der Waals surface area contributed by atoms with Gasteiger partial charge in [-0.15, -0.1) is 0 Å². The Bertz CT molecular complexity index is 697. The molecule has 0 saturated heterocycles. The molecule has 4 rings (SSSR count). The molecule has 3 aromatic carbocycles. The maximum absolute atomic E-state index is 4.58. The van der Waals surface area contributed by atoms with Gasteiger partial charge in [0, 0.05) is 11.1 Å². The minimum atomic E-state index is -0.803. The van der Waals surface area contributed by atoms with E-state index < -0.39 is 7.92 Å². The van der Waals surface area contributed by atoms with Crippen molar-refractivity contribution >= 4 is 33.0 Å². The number of hydrogen-bond acceptors (Lipinski definition) is 0. The predicted molar refractivity (Wildman–Crippen MR) is 91.4 cm³/mol. The second-order valence-electron chi connectivity index (χ2n) is 4.83. The second kappa shape index (κ2) is 6.92. The average molecular weight is 494 g/mol. The van der Waals surface area contributed by atoms with Crippen molar-refractivity contribution in [3.05, 3.63) is 78.9 Å². The first-order valence-electron chi connectivity index (χ1n) is 6.68. The van der Waals surface area contributed by atoms with Crippen LogP contribution in [-0.2, 0) is 20.0 Å². The summed E-state index contributed by atoms with van der Waals surface area (Å²) in [6, 6.07) is 28.7. The Kier molecular flexibility index (Phi) is 4.95. The Morgan fingerprint density at radius 2 is 1.00 bits per heavy atom. The molecule has 0 atom stereocenters. The minimum absolute atomic E-state index is 0.803. The van der Waals surface area contributed by atoms with Crippen LogP contribution in [0.4, 0.5) is 0 Å². The molecule has 0 spiro atoms. The van der Waals surface area contributed by atoms with Crippen molar-refractivity contribution < 1.29 is 20.0 Å². The molecule has 21 heavy (non-hydrogen) atoms. The van der Waals surface area contributed by atoms with Gasteiger partial charge in [-0.25, -0.2) is 0 Å². The Labute approximate surface area is 142 Å². The summed E-state index contributed by atoms with van der Waals surface area (Å²) in [6.45, 7) is 0. The van der Waals surface area contributed by atoms with Gasteiger partial charge in [-0.1, -0.05) is 54.6 Å². The molecule has 0 saturated carbocycles. The van der Waals surface area contributed by atoms with Crippen LogP contribution in [0.1, 0.15) is 0 Å². The zero-order valence-corrected chi connectivity index (χ0v) is 15.1. The monoisotopic (exact) mass is 493 g/mol. The van der Waals surface area contributed by atoms with E-state index in [4.69, 9.17) is 0 Å². The van der Waals surface area contributed by atoms with Crippen LogP contribution in [-0.4, -0.2) is 0 Å². The normalized spacial score (nSPS) is 12.1. The molecule has 1 aliphatic rings. The first kappa shape index (κ1) is 15.0. The maximum atomic E-state index is 4.58. The summed E-state index contributed by atoms with van der Waals surface area (Å²) in [5, 5.41) is 4.53. The summed E-state index contributed by atoms with van der Waals surface area (Å²) in [7, 11) is 3.78. The fourth-order valence-corrected chi connectivity index (χ4v) is 5.87. The van der Waals surface area contributed by atoms with Gasteiger partial charge in [0.2, 0.25) is 0 Å². The topological polar surface area (TPSA) is 0 Å². The molecule has 0 aliphatic carbocycles. The SMILES string of the molecule is [Cl][Au].c1ccc([PH+]2c3ccccc3-c3ccccc32)cc1. The number of halogens is 1. The average Bonchev–Trinajstić information content (AvgIpc) is 2.92. The van der Waals surface area contributed by atoms with E-state index in [1.165, 1.54) is 27.0 Å². The van der Waals surface area contributed by atoms with E-state index in [2.05, 4.69) is 88.1 Å². The van der Waals surface area contributed by atoms with Crippen LogP contribution in [0.2, 0.25) is 0 Å². The molecule has 0 radical (unpaired) electrons. The van der Waals surface area contributed by atoms with Crippen LogP contribution < -0.4 is 15.9 Å². The standard InChI is InChI=1S/C18H13P.Au.ClH/c1-2-8-14(9-3-1)19-17-12-6-4-10-15(17)16-11-5-7-13-18(16)19;;/h1-13H;;1H/q;+1;. The second-order valence-corrected chi connectivity index (χ2v) is 7.24. The first-order chi connectivity index (χ1) is 10.4. The molecule has 0 unspecified atom stereocenters. The van der Waals surface area contributed by atoms with Gasteiger partial charge < -0.3 is 0 Å². The number of hydrogen-bond donors (Lipinski definition) is 0. The zero-order chi connectivity index (χ0) is 14.7.